The van der Waals surface area contributed by atoms with Gasteiger partial charge in [-0.05, 0) is 29.3 Å². The van der Waals surface area contributed by atoms with E-state index in [1.165, 1.54) is 24.0 Å². The molecule has 4 rings (SSSR count). The van der Waals surface area contributed by atoms with E-state index in [4.69, 9.17) is 16.7 Å². The van der Waals surface area contributed by atoms with Gasteiger partial charge in [0.05, 0.1) is 29.0 Å². The monoisotopic (exact) mass is 551 g/mol. The molecule has 0 bridgehead atoms. The van der Waals surface area contributed by atoms with Crippen LogP contribution in [0.3, 0.4) is 0 Å². The first kappa shape index (κ1) is 27.0. The first-order chi connectivity index (χ1) is 17.6. The standard InChI is InChI=1S/C25H21ClF3N3O6/c1-13(33)32-12-24(2,3)16-8-7-15(9-18(16)32)30-11-19(38-23(36)37)21(34)31(22(30)35)10-14-5-4-6-17(20(14)26)25(27,28)29/h4-9,11H,10,12H2,1-3H3,(H,36,37). The molecular weight excluding hydrogens is 531 g/mol. The summed E-state index contributed by atoms with van der Waals surface area (Å²) in [6.45, 7) is 4.96. The molecule has 9 nitrogen and oxygen atoms in total. The van der Waals surface area contributed by atoms with Gasteiger partial charge in [0, 0.05) is 24.6 Å². The highest BCUT2D eigenvalue weighted by molar-refractivity contribution is 6.32. The van der Waals surface area contributed by atoms with Crippen molar-refractivity contribution in [1.82, 2.24) is 9.13 Å². The fourth-order valence-electron chi connectivity index (χ4n) is 4.47. The fourth-order valence-corrected chi connectivity index (χ4v) is 4.76. The molecule has 13 heteroatoms. The molecule has 1 amide bonds. The van der Waals surface area contributed by atoms with Gasteiger partial charge in [-0.2, -0.15) is 13.2 Å². The lowest BCUT2D eigenvalue weighted by molar-refractivity contribution is -0.137. The lowest BCUT2D eigenvalue weighted by Crippen LogP contribution is -2.40. The second kappa shape index (κ2) is 9.35. The molecule has 1 aliphatic heterocycles. The Kier molecular flexibility index (Phi) is 6.64. The summed E-state index contributed by atoms with van der Waals surface area (Å²) >= 11 is 5.96. The zero-order chi connectivity index (χ0) is 28.2. The van der Waals surface area contributed by atoms with Crippen molar-refractivity contribution in [3.63, 3.8) is 0 Å². The molecule has 0 saturated carbocycles. The summed E-state index contributed by atoms with van der Waals surface area (Å²) in [7, 11) is 0. The van der Waals surface area contributed by atoms with Gasteiger partial charge in [-0.15, -0.1) is 0 Å². The zero-order valence-corrected chi connectivity index (χ0v) is 21.1. The number of carbonyl (C=O) groups excluding carboxylic acids is 1. The van der Waals surface area contributed by atoms with Crippen LogP contribution < -0.4 is 20.9 Å². The number of benzene rings is 2. The Balaban J connectivity index is 1.92. The lowest BCUT2D eigenvalue weighted by atomic mass is 9.87. The van der Waals surface area contributed by atoms with Crippen molar-refractivity contribution in [2.24, 2.45) is 0 Å². The molecule has 0 aliphatic carbocycles. The van der Waals surface area contributed by atoms with Gasteiger partial charge >= 0.3 is 18.0 Å². The van der Waals surface area contributed by atoms with Gasteiger partial charge in [-0.3, -0.25) is 18.7 Å². The molecule has 3 aromatic rings. The van der Waals surface area contributed by atoms with Gasteiger partial charge in [-0.1, -0.05) is 43.6 Å². The van der Waals surface area contributed by atoms with Crippen molar-refractivity contribution >= 4 is 29.4 Å². The molecule has 1 N–H and O–H groups in total. The normalized spacial score (nSPS) is 14.3. The maximum atomic E-state index is 13.4. The van der Waals surface area contributed by atoms with Crippen molar-refractivity contribution in [3.05, 3.63) is 85.1 Å². The Labute approximate surface area is 218 Å². The Morgan fingerprint density at radius 1 is 1.16 bits per heavy atom. The smallest absolute Gasteiger partial charge is 0.449 e. The van der Waals surface area contributed by atoms with E-state index in [2.05, 4.69) is 4.74 Å². The third-order valence-electron chi connectivity index (χ3n) is 6.26. The SMILES string of the molecule is CC(=O)N1CC(C)(C)c2ccc(-n3cc(OC(=O)O)c(=O)n(Cc4cccc(C(F)(F)F)c4Cl)c3=O)cc21. The van der Waals surface area contributed by atoms with Crippen molar-refractivity contribution in [1.29, 1.82) is 0 Å². The van der Waals surface area contributed by atoms with E-state index in [0.717, 1.165) is 28.5 Å². The number of fused-ring (bicyclic) bond motifs is 1. The number of rotatable bonds is 4. The number of hydrogen-bond acceptors (Lipinski definition) is 5. The molecule has 2 aromatic carbocycles. The fraction of sp³-hybridized carbons (Fsp3) is 0.280. The first-order valence-corrected chi connectivity index (χ1v) is 11.5. The largest absolute Gasteiger partial charge is 0.511 e. The van der Waals surface area contributed by atoms with Crippen LogP contribution in [-0.4, -0.2) is 32.8 Å². The second-order valence-electron chi connectivity index (χ2n) is 9.37. The van der Waals surface area contributed by atoms with E-state index in [0.29, 0.717) is 16.8 Å². The molecule has 0 saturated heterocycles. The summed E-state index contributed by atoms with van der Waals surface area (Å²) in [4.78, 5) is 51.4. The predicted octanol–water partition coefficient (Wildman–Crippen LogP) is 4.42. The van der Waals surface area contributed by atoms with Crippen molar-refractivity contribution < 1.29 is 32.6 Å². The van der Waals surface area contributed by atoms with Gasteiger partial charge in [0.25, 0.3) is 5.56 Å². The quantitative estimate of drug-likeness (QED) is 0.481. The molecule has 2 heterocycles. The van der Waals surface area contributed by atoms with Gasteiger partial charge < -0.3 is 14.7 Å². The van der Waals surface area contributed by atoms with Crippen molar-refractivity contribution in [3.8, 4) is 11.4 Å². The molecule has 0 fully saturated rings. The van der Waals surface area contributed by atoms with E-state index in [-0.39, 0.29) is 22.6 Å². The van der Waals surface area contributed by atoms with Crippen molar-refractivity contribution in [2.45, 2.75) is 38.9 Å². The molecule has 0 radical (unpaired) electrons. The van der Waals surface area contributed by atoms with Crippen molar-refractivity contribution in [2.75, 3.05) is 11.4 Å². The number of carboxylic acid groups (broad SMARTS) is 1. The Bertz CT molecular complexity index is 1590. The topological polar surface area (TPSA) is 111 Å². The number of ether oxygens (including phenoxy) is 1. The molecule has 0 unspecified atom stereocenters. The third-order valence-corrected chi connectivity index (χ3v) is 6.71. The van der Waals surface area contributed by atoms with Crippen LogP contribution in [0.2, 0.25) is 5.02 Å². The molecule has 0 spiro atoms. The minimum absolute atomic E-state index is 0.164. The van der Waals surface area contributed by atoms with Crippen LogP contribution in [0, 0.1) is 0 Å². The highest BCUT2D eigenvalue weighted by Crippen LogP contribution is 2.41. The predicted molar refractivity (Wildman–Crippen MR) is 132 cm³/mol. The highest BCUT2D eigenvalue weighted by Gasteiger charge is 2.37. The van der Waals surface area contributed by atoms with E-state index < -0.39 is 46.5 Å². The van der Waals surface area contributed by atoms with Crippen LogP contribution in [-0.2, 0) is 22.9 Å². The molecule has 1 aliphatic rings. The molecule has 0 atom stereocenters. The minimum Gasteiger partial charge on any atom is -0.449 e. The van der Waals surface area contributed by atoms with Gasteiger partial charge in [-0.25, -0.2) is 9.59 Å². The summed E-state index contributed by atoms with van der Waals surface area (Å²) < 4.78 is 46.0. The summed E-state index contributed by atoms with van der Waals surface area (Å²) in [5.41, 5.74) is -2.41. The van der Waals surface area contributed by atoms with Crippen LogP contribution >= 0.6 is 11.6 Å². The van der Waals surface area contributed by atoms with Gasteiger partial charge in [0.15, 0.2) is 0 Å². The van der Waals surface area contributed by atoms with E-state index in [1.54, 1.807) is 12.1 Å². The van der Waals surface area contributed by atoms with Crippen LogP contribution in [0.25, 0.3) is 5.69 Å². The Morgan fingerprint density at radius 3 is 2.45 bits per heavy atom. The van der Waals surface area contributed by atoms with Crippen LogP contribution in [0.15, 0.2) is 52.2 Å². The van der Waals surface area contributed by atoms with Gasteiger partial charge in [0.1, 0.15) is 0 Å². The van der Waals surface area contributed by atoms with Crippen LogP contribution in [0.5, 0.6) is 5.75 Å². The maximum Gasteiger partial charge on any atom is 0.511 e. The Hall–Kier alpha value is -4.06. The number of hydrogen-bond donors (Lipinski definition) is 1. The van der Waals surface area contributed by atoms with Gasteiger partial charge in [0.2, 0.25) is 11.7 Å². The molecule has 200 valence electrons. The zero-order valence-electron chi connectivity index (χ0n) is 20.3. The molecule has 1 aromatic heterocycles. The number of alkyl halides is 3. The summed E-state index contributed by atoms with van der Waals surface area (Å²) in [5.74, 6) is -0.996. The van der Waals surface area contributed by atoms with E-state index in [9.17, 15) is 32.3 Å². The number of carbonyl (C=O) groups is 2. The van der Waals surface area contributed by atoms with Crippen LogP contribution in [0.4, 0.5) is 23.7 Å². The number of nitrogens with zero attached hydrogens (tertiary/aromatic N) is 3. The minimum atomic E-state index is -4.78. The summed E-state index contributed by atoms with van der Waals surface area (Å²) in [6, 6.07) is 7.82. The van der Waals surface area contributed by atoms with E-state index in [1.807, 2.05) is 13.8 Å². The molecular formula is C25H21ClF3N3O6. The first-order valence-electron chi connectivity index (χ1n) is 11.2. The lowest BCUT2D eigenvalue weighted by Gasteiger charge is -2.19. The second-order valence-corrected chi connectivity index (χ2v) is 9.75. The summed E-state index contributed by atoms with van der Waals surface area (Å²) in [5, 5.41) is 8.40. The van der Waals surface area contributed by atoms with Crippen LogP contribution in [0.1, 0.15) is 37.5 Å². The molecule has 38 heavy (non-hydrogen) atoms. The number of anilines is 1. The third kappa shape index (κ3) is 4.78. The highest BCUT2D eigenvalue weighted by atomic mass is 35.5. The average Bonchev–Trinajstić information content (AvgIpc) is 3.09. The summed E-state index contributed by atoms with van der Waals surface area (Å²) in [6.07, 6.45) is -5.74. The van der Waals surface area contributed by atoms with E-state index >= 15 is 0 Å². The number of amides is 1. The number of aromatic nitrogens is 2. The maximum absolute atomic E-state index is 13.4. The number of halogens is 4. The average molecular weight is 552 g/mol. The Morgan fingerprint density at radius 2 is 1.84 bits per heavy atom.